The summed E-state index contributed by atoms with van der Waals surface area (Å²) in [6, 6.07) is 2.11. The molecule has 0 atom stereocenters. The van der Waals surface area contributed by atoms with Crippen LogP contribution in [0.25, 0.3) is 0 Å². The number of amides is 1. The normalized spacial score (nSPS) is 10.6. The van der Waals surface area contributed by atoms with E-state index in [1.807, 2.05) is 0 Å². The van der Waals surface area contributed by atoms with Crippen molar-refractivity contribution in [2.24, 2.45) is 0 Å². The molecule has 0 unspecified atom stereocenters. The number of nitrogens with two attached hydrogens (primary N) is 1. The van der Waals surface area contributed by atoms with Crippen LogP contribution in [0.3, 0.4) is 0 Å². The summed E-state index contributed by atoms with van der Waals surface area (Å²) in [7, 11) is 0. The minimum Gasteiger partial charge on any atom is -0.375 e. The summed E-state index contributed by atoms with van der Waals surface area (Å²) >= 11 is 2.93. The van der Waals surface area contributed by atoms with Gasteiger partial charge in [0.15, 0.2) is 5.13 Å². The van der Waals surface area contributed by atoms with Crippen molar-refractivity contribution in [1.29, 1.82) is 0 Å². The number of rotatable bonds is 3. The van der Waals surface area contributed by atoms with Crippen LogP contribution in [-0.4, -0.2) is 10.9 Å². The summed E-state index contributed by atoms with van der Waals surface area (Å²) in [6.45, 7) is 6.50. The van der Waals surface area contributed by atoms with Gasteiger partial charge in [-0.3, -0.25) is 4.79 Å². The molecule has 0 radical (unpaired) electrons. The van der Waals surface area contributed by atoms with Crippen LogP contribution in [0.5, 0.6) is 0 Å². The van der Waals surface area contributed by atoms with Gasteiger partial charge in [0.25, 0.3) is 5.91 Å². The van der Waals surface area contributed by atoms with Gasteiger partial charge in [-0.15, -0.1) is 11.3 Å². The average Bonchev–Trinajstić information content (AvgIpc) is 2.79. The minimum absolute atomic E-state index is 0.106. The molecular weight excluding hydrogens is 266 g/mol. The largest absolute Gasteiger partial charge is 0.375 e. The second-order valence-electron chi connectivity index (χ2n) is 4.10. The van der Waals surface area contributed by atoms with E-state index in [-0.39, 0.29) is 5.91 Å². The van der Waals surface area contributed by atoms with Crippen LogP contribution in [0.1, 0.15) is 30.7 Å². The molecular formula is C12H15N3OS2. The van der Waals surface area contributed by atoms with Crippen LogP contribution in [0, 0.1) is 20.8 Å². The van der Waals surface area contributed by atoms with Gasteiger partial charge in [0.2, 0.25) is 0 Å². The molecule has 1 amide bonds. The SMILES string of the molecule is Cc1cc(CNC(=O)c2sc(N)nc2C)sc1C. The Bertz CT molecular complexity index is 567. The molecule has 96 valence electrons. The van der Waals surface area contributed by atoms with Gasteiger partial charge in [0, 0.05) is 9.75 Å². The van der Waals surface area contributed by atoms with Crippen molar-refractivity contribution in [3.63, 3.8) is 0 Å². The van der Waals surface area contributed by atoms with Gasteiger partial charge < -0.3 is 11.1 Å². The van der Waals surface area contributed by atoms with E-state index in [1.54, 1.807) is 18.3 Å². The lowest BCUT2D eigenvalue weighted by atomic mass is 10.3. The molecule has 3 N–H and O–H groups in total. The number of aromatic nitrogens is 1. The molecule has 0 saturated heterocycles. The minimum atomic E-state index is -0.106. The molecule has 4 nitrogen and oxygen atoms in total. The Morgan fingerprint density at radius 2 is 2.11 bits per heavy atom. The van der Waals surface area contributed by atoms with Gasteiger partial charge in [0.05, 0.1) is 12.2 Å². The predicted octanol–water partition coefficient (Wildman–Crippen LogP) is 2.64. The predicted molar refractivity (Wildman–Crippen MR) is 76.2 cm³/mol. The summed E-state index contributed by atoms with van der Waals surface area (Å²) in [6.07, 6.45) is 0. The molecule has 2 aromatic heterocycles. The second kappa shape index (κ2) is 5.07. The molecule has 0 aliphatic rings. The smallest absolute Gasteiger partial charge is 0.263 e. The molecule has 0 aliphatic carbocycles. The fourth-order valence-corrected chi connectivity index (χ4v) is 3.36. The topological polar surface area (TPSA) is 68.0 Å². The lowest BCUT2D eigenvalue weighted by molar-refractivity contribution is 0.0954. The summed E-state index contributed by atoms with van der Waals surface area (Å²) in [5.41, 5.74) is 7.53. The Hall–Kier alpha value is -1.40. The Morgan fingerprint density at radius 3 is 2.61 bits per heavy atom. The number of nitrogens with zero attached hydrogens (tertiary/aromatic N) is 1. The number of hydrogen-bond donors (Lipinski definition) is 2. The van der Waals surface area contributed by atoms with E-state index < -0.39 is 0 Å². The lowest BCUT2D eigenvalue weighted by Gasteiger charge is -2.01. The van der Waals surface area contributed by atoms with E-state index >= 15 is 0 Å². The number of carbonyl (C=O) groups excluding carboxylic acids is 1. The van der Waals surface area contributed by atoms with Gasteiger partial charge in [-0.1, -0.05) is 11.3 Å². The zero-order valence-electron chi connectivity index (χ0n) is 10.5. The third-order valence-corrected chi connectivity index (χ3v) is 4.80. The van der Waals surface area contributed by atoms with Crippen LogP contribution in [-0.2, 0) is 6.54 Å². The first-order valence-electron chi connectivity index (χ1n) is 5.54. The molecule has 2 heterocycles. The van der Waals surface area contributed by atoms with Gasteiger partial charge in [-0.25, -0.2) is 4.98 Å². The maximum Gasteiger partial charge on any atom is 0.263 e. The highest BCUT2D eigenvalue weighted by atomic mass is 32.1. The van der Waals surface area contributed by atoms with Crippen molar-refractivity contribution in [3.05, 3.63) is 32.0 Å². The highest BCUT2D eigenvalue weighted by Crippen LogP contribution is 2.22. The molecule has 2 rings (SSSR count). The van der Waals surface area contributed by atoms with Crippen molar-refractivity contribution < 1.29 is 4.79 Å². The molecule has 0 aliphatic heterocycles. The molecule has 0 saturated carbocycles. The van der Waals surface area contributed by atoms with Crippen LogP contribution >= 0.6 is 22.7 Å². The number of aryl methyl sites for hydroxylation is 3. The third-order valence-electron chi connectivity index (χ3n) is 2.66. The summed E-state index contributed by atoms with van der Waals surface area (Å²) in [4.78, 5) is 19.0. The fourth-order valence-electron chi connectivity index (χ4n) is 1.61. The fraction of sp³-hybridized carbons (Fsp3) is 0.333. The standard InChI is InChI=1S/C12H15N3OS2/c1-6-4-9(17-8(6)3)5-14-11(16)10-7(2)15-12(13)18-10/h4H,5H2,1-3H3,(H2,13,15)(H,14,16). The maximum atomic E-state index is 12.0. The maximum absolute atomic E-state index is 12.0. The number of thiophene rings is 1. The highest BCUT2D eigenvalue weighted by molar-refractivity contribution is 7.17. The number of anilines is 1. The van der Waals surface area contributed by atoms with Crippen molar-refractivity contribution in [2.45, 2.75) is 27.3 Å². The second-order valence-corrected chi connectivity index (χ2v) is 6.47. The molecule has 2 aromatic rings. The van der Waals surface area contributed by atoms with Gasteiger partial charge in [-0.05, 0) is 32.4 Å². The molecule has 0 fully saturated rings. The van der Waals surface area contributed by atoms with Crippen LogP contribution in [0.4, 0.5) is 5.13 Å². The summed E-state index contributed by atoms with van der Waals surface area (Å²) in [5.74, 6) is -0.106. The monoisotopic (exact) mass is 281 g/mol. The van der Waals surface area contributed by atoms with Crippen LogP contribution in [0.15, 0.2) is 6.07 Å². The Balaban J connectivity index is 2.02. The van der Waals surface area contributed by atoms with Gasteiger partial charge in [0.1, 0.15) is 4.88 Å². The van der Waals surface area contributed by atoms with Crippen molar-refractivity contribution >= 4 is 33.7 Å². The van der Waals surface area contributed by atoms with Crippen molar-refractivity contribution in [2.75, 3.05) is 5.73 Å². The van der Waals surface area contributed by atoms with Crippen LogP contribution in [0.2, 0.25) is 0 Å². The number of nitrogen functional groups attached to an aromatic ring is 1. The first kappa shape index (κ1) is 13.0. The summed E-state index contributed by atoms with van der Waals surface area (Å²) < 4.78 is 0. The molecule has 6 heteroatoms. The Morgan fingerprint density at radius 1 is 1.39 bits per heavy atom. The van der Waals surface area contributed by atoms with E-state index in [2.05, 4.69) is 30.2 Å². The first-order valence-corrected chi connectivity index (χ1v) is 7.17. The van der Waals surface area contributed by atoms with E-state index in [9.17, 15) is 4.79 Å². The molecule has 18 heavy (non-hydrogen) atoms. The quantitative estimate of drug-likeness (QED) is 0.908. The van der Waals surface area contributed by atoms with Crippen molar-refractivity contribution in [1.82, 2.24) is 10.3 Å². The Kier molecular flexibility index (Phi) is 3.68. The van der Waals surface area contributed by atoms with Gasteiger partial charge >= 0.3 is 0 Å². The van der Waals surface area contributed by atoms with Crippen LogP contribution < -0.4 is 11.1 Å². The molecule has 0 bridgehead atoms. The number of carbonyl (C=O) groups is 1. The van der Waals surface area contributed by atoms with E-state index in [4.69, 9.17) is 5.73 Å². The average molecular weight is 281 g/mol. The molecule has 0 spiro atoms. The van der Waals surface area contributed by atoms with E-state index in [0.717, 1.165) is 4.88 Å². The highest BCUT2D eigenvalue weighted by Gasteiger charge is 2.14. The van der Waals surface area contributed by atoms with Gasteiger partial charge in [-0.2, -0.15) is 0 Å². The zero-order chi connectivity index (χ0) is 13.3. The number of thiazole rings is 1. The zero-order valence-corrected chi connectivity index (χ0v) is 12.2. The van der Waals surface area contributed by atoms with Crippen molar-refractivity contribution in [3.8, 4) is 0 Å². The molecule has 0 aromatic carbocycles. The lowest BCUT2D eigenvalue weighted by Crippen LogP contribution is -2.22. The van der Waals surface area contributed by atoms with E-state index in [0.29, 0.717) is 22.2 Å². The number of nitrogens with one attached hydrogen (secondary N) is 1. The van der Waals surface area contributed by atoms with E-state index in [1.165, 1.54) is 21.8 Å². The Labute approximate surface area is 114 Å². The first-order chi connectivity index (χ1) is 8.47. The third kappa shape index (κ3) is 2.70. The summed E-state index contributed by atoms with van der Waals surface area (Å²) in [5, 5.41) is 3.33. The number of hydrogen-bond acceptors (Lipinski definition) is 5.